The van der Waals surface area contributed by atoms with E-state index in [0.717, 1.165) is 9.91 Å². The van der Waals surface area contributed by atoms with Crippen molar-refractivity contribution in [2.75, 3.05) is 19.8 Å². The molecular formula is C16H23F3N2O2S. The summed E-state index contributed by atoms with van der Waals surface area (Å²) in [5.74, 6) is -0.548. The topological polar surface area (TPSA) is 42.4 Å². The monoisotopic (exact) mass is 364 g/mol. The second-order valence-electron chi connectivity index (χ2n) is 7.08. The molecule has 0 saturated carbocycles. The van der Waals surface area contributed by atoms with E-state index in [1.807, 2.05) is 20.8 Å². The number of carbonyl (C=O) groups is 1. The number of amides is 1. The Hall–Kier alpha value is -1.15. The average Bonchev–Trinajstić information content (AvgIpc) is 2.93. The Morgan fingerprint density at radius 1 is 1.42 bits per heavy atom. The third kappa shape index (κ3) is 5.44. The Morgan fingerprint density at radius 2 is 2.12 bits per heavy atom. The van der Waals surface area contributed by atoms with Crippen molar-refractivity contribution < 1.29 is 22.7 Å². The molecule has 4 nitrogen and oxygen atoms in total. The van der Waals surface area contributed by atoms with Crippen molar-refractivity contribution in [2.24, 2.45) is 0 Å². The molecule has 0 spiro atoms. The van der Waals surface area contributed by atoms with Gasteiger partial charge in [0.25, 0.3) is 0 Å². The fraction of sp³-hybridized carbons (Fsp3) is 0.750. The quantitative estimate of drug-likeness (QED) is 0.821. The van der Waals surface area contributed by atoms with Gasteiger partial charge in [-0.15, -0.1) is 11.3 Å². The molecule has 0 aliphatic carbocycles. The van der Waals surface area contributed by atoms with Crippen LogP contribution in [-0.4, -0.2) is 47.8 Å². The minimum atomic E-state index is -4.42. The molecule has 0 radical (unpaired) electrons. The molecule has 1 aromatic rings. The Bertz CT molecular complexity index is 560. The van der Waals surface area contributed by atoms with Crippen LogP contribution in [0, 0.1) is 0 Å². The second kappa shape index (κ2) is 7.39. The molecule has 2 rings (SSSR count). The normalized spacial score (nSPS) is 19.3. The van der Waals surface area contributed by atoms with Gasteiger partial charge in [0.1, 0.15) is 6.54 Å². The van der Waals surface area contributed by atoms with Crippen molar-refractivity contribution in [3.05, 3.63) is 16.1 Å². The van der Waals surface area contributed by atoms with Gasteiger partial charge in [0.15, 0.2) is 0 Å². The van der Waals surface area contributed by atoms with Crippen molar-refractivity contribution in [1.29, 1.82) is 0 Å². The van der Waals surface area contributed by atoms with Gasteiger partial charge in [-0.2, -0.15) is 13.2 Å². The van der Waals surface area contributed by atoms with Gasteiger partial charge in [-0.1, -0.05) is 20.8 Å². The summed E-state index contributed by atoms with van der Waals surface area (Å²) in [6, 6.07) is -0.520. The molecule has 136 valence electrons. The van der Waals surface area contributed by atoms with Crippen molar-refractivity contribution >= 4 is 17.2 Å². The van der Waals surface area contributed by atoms with Crippen LogP contribution < -0.4 is 0 Å². The molecule has 1 saturated heterocycles. The van der Waals surface area contributed by atoms with E-state index in [2.05, 4.69) is 4.98 Å². The number of hydrogen-bond donors (Lipinski definition) is 0. The third-order valence-electron chi connectivity index (χ3n) is 3.77. The summed E-state index contributed by atoms with van der Waals surface area (Å²) >= 11 is 1.43. The lowest BCUT2D eigenvalue weighted by Gasteiger charge is -2.34. The van der Waals surface area contributed by atoms with E-state index < -0.39 is 24.7 Å². The van der Waals surface area contributed by atoms with Gasteiger partial charge in [-0.05, 0) is 12.8 Å². The summed E-state index contributed by atoms with van der Waals surface area (Å²) in [6.07, 6.45) is -3.34. The second-order valence-corrected chi connectivity index (χ2v) is 7.94. The Morgan fingerprint density at radius 3 is 2.62 bits per heavy atom. The average molecular weight is 364 g/mol. The SMILES string of the molecule is CC(C)(C)c1nc(CC(=O)N(CC(F)(F)F)C2CCCOC2)cs1. The molecule has 1 aliphatic heterocycles. The van der Waals surface area contributed by atoms with Gasteiger partial charge < -0.3 is 9.64 Å². The Kier molecular flexibility index (Phi) is 5.91. The maximum Gasteiger partial charge on any atom is 0.406 e. The first-order chi connectivity index (χ1) is 11.1. The van der Waals surface area contributed by atoms with Gasteiger partial charge in [0.05, 0.1) is 29.8 Å². The summed E-state index contributed by atoms with van der Waals surface area (Å²) in [4.78, 5) is 17.8. The molecule has 0 bridgehead atoms. The van der Waals surface area contributed by atoms with Crippen molar-refractivity contribution in [3.8, 4) is 0 Å². The lowest BCUT2D eigenvalue weighted by atomic mass is 9.98. The van der Waals surface area contributed by atoms with Gasteiger partial charge in [-0.25, -0.2) is 4.98 Å². The first kappa shape index (κ1) is 19.2. The van der Waals surface area contributed by atoms with Crippen LogP contribution in [0.1, 0.15) is 44.3 Å². The smallest absolute Gasteiger partial charge is 0.379 e. The molecule has 2 heterocycles. The molecule has 1 atom stereocenters. The molecule has 1 aliphatic rings. The number of ether oxygens (including phenoxy) is 1. The fourth-order valence-electron chi connectivity index (χ4n) is 2.57. The van der Waals surface area contributed by atoms with E-state index in [1.54, 1.807) is 5.38 Å². The van der Waals surface area contributed by atoms with Crippen LogP contribution in [0.4, 0.5) is 13.2 Å². The van der Waals surface area contributed by atoms with Crippen molar-refractivity contribution in [1.82, 2.24) is 9.88 Å². The highest BCUT2D eigenvalue weighted by Crippen LogP contribution is 2.27. The number of halogens is 3. The summed E-state index contributed by atoms with van der Waals surface area (Å²) in [6.45, 7) is 5.47. The van der Waals surface area contributed by atoms with Crippen LogP contribution in [0.25, 0.3) is 0 Å². The summed E-state index contributed by atoms with van der Waals surface area (Å²) < 4.78 is 43.9. The Balaban J connectivity index is 2.10. The van der Waals surface area contributed by atoms with Crippen LogP contribution in [-0.2, 0) is 21.4 Å². The molecule has 8 heteroatoms. The zero-order valence-electron chi connectivity index (χ0n) is 14.2. The fourth-order valence-corrected chi connectivity index (χ4v) is 3.48. The van der Waals surface area contributed by atoms with Crippen LogP contribution in [0.15, 0.2) is 5.38 Å². The number of carbonyl (C=O) groups excluding carboxylic acids is 1. The standard InChI is InChI=1S/C16H23F3N2O2S/c1-15(2,3)14-20-11(9-24-14)7-13(22)21(10-16(17,18)19)12-5-4-6-23-8-12/h9,12H,4-8,10H2,1-3H3. The van der Waals surface area contributed by atoms with Gasteiger partial charge in [0.2, 0.25) is 5.91 Å². The van der Waals surface area contributed by atoms with Gasteiger partial charge in [-0.3, -0.25) is 4.79 Å². The maximum absolute atomic E-state index is 12.9. The van der Waals surface area contributed by atoms with E-state index in [0.29, 0.717) is 25.1 Å². The lowest BCUT2D eigenvalue weighted by Crippen LogP contribution is -2.49. The van der Waals surface area contributed by atoms with E-state index in [9.17, 15) is 18.0 Å². The first-order valence-corrected chi connectivity index (χ1v) is 8.83. The summed E-state index contributed by atoms with van der Waals surface area (Å²) in [5.41, 5.74) is 0.383. The highest BCUT2D eigenvalue weighted by atomic mass is 32.1. The van der Waals surface area contributed by atoms with E-state index in [4.69, 9.17) is 4.74 Å². The van der Waals surface area contributed by atoms with Crippen LogP contribution in [0.2, 0.25) is 0 Å². The molecule has 1 unspecified atom stereocenters. The zero-order valence-corrected chi connectivity index (χ0v) is 15.0. The molecule has 0 N–H and O–H groups in total. The minimum absolute atomic E-state index is 0.112. The van der Waals surface area contributed by atoms with Gasteiger partial charge >= 0.3 is 6.18 Å². The highest BCUT2D eigenvalue weighted by Gasteiger charge is 2.37. The van der Waals surface area contributed by atoms with E-state index in [1.165, 1.54) is 11.3 Å². The number of nitrogens with zero attached hydrogens (tertiary/aromatic N) is 2. The number of hydrogen-bond acceptors (Lipinski definition) is 4. The lowest BCUT2D eigenvalue weighted by molar-refractivity contribution is -0.169. The highest BCUT2D eigenvalue weighted by molar-refractivity contribution is 7.09. The number of rotatable bonds is 4. The number of alkyl halides is 3. The predicted molar refractivity (Wildman–Crippen MR) is 86.1 cm³/mol. The predicted octanol–water partition coefficient (Wildman–Crippen LogP) is 3.55. The molecule has 1 aromatic heterocycles. The summed E-state index contributed by atoms with van der Waals surface area (Å²) in [5, 5.41) is 2.62. The maximum atomic E-state index is 12.9. The molecule has 1 fully saturated rings. The van der Waals surface area contributed by atoms with Crippen molar-refractivity contribution in [2.45, 2.75) is 57.7 Å². The van der Waals surface area contributed by atoms with Crippen LogP contribution >= 0.6 is 11.3 Å². The molecule has 1 amide bonds. The minimum Gasteiger partial charge on any atom is -0.379 e. The summed E-state index contributed by atoms with van der Waals surface area (Å²) in [7, 11) is 0. The zero-order chi connectivity index (χ0) is 18.0. The Labute approximate surface area is 144 Å². The van der Waals surface area contributed by atoms with Crippen molar-refractivity contribution in [3.63, 3.8) is 0 Å². The third-order valence-corrected chi connectivity index (χ3v) is 5.09. The van der Waals surface area contributed by atoms with E-state index >= 15 is 0 Å². The molecular weight excluding hydrogens is 341 g/mol. The molecule has 24 heavy (non-hydrogen) atoms. The van der Waals surface area contributed by atoms with Gasteiger partial charge in [0, 0.05) is 17.4 Å². The van der Waals surface area contributed by atoms with Crippen LogP contribution in [0.5, 0.6) is 0 Å². The number of thiazole rings is 1. The van der Waals surface area contributed by atoms with Crippen LogP contribution in [0.3, 0.4) is 0 Å². The first-order valence-electron chi connectivity index (χ1n) is 7.95. The molecule has 0 aromatic carbocycles. The van der Waals surface area contributed by atoms with E-state index in [-0.39, 0.29) is 18.4 Å². The largest absolute Gasteiger partial charge is 0.406 e. The number of aromatic nitrogens is 1.